The van der Waals surface area contributed by atoms with Crippen molar-refractivity contribution in [1.29, 1.82) is 0 Å². The first kappa shape index (κ1) is 13.1. The first-order valence-electron chi connectivity index (χ1n) is 5.32. The van der Waals surface area contributed by atoms with Crippen LogP contribution in [-0.2, 0) is 9.84 Å². The monoisotopic (exact) mass is 322 g/mol. The Bertz CT molecular complexity index is 644. The van der Waals surface area contributed by atoms with Gasteiger partial charge in [0.2, 0.25) is 0 Å². The lowest BCUT2D eigenvalue weighted by molar-refractivity contribution is 0.605. The van der Waals surface area contributed by atoms with Gasteiger partial charge in [-0.25, -0.2) is 8.42 Å². The normalized spacial score (nSPS) is 11.8. The average Bonchev–Trinajstić information content (AvgIpc) is 2.39. The molecule has 0 amide bonds. The van der Waals surface area contributed by atoms with Gasteiger partial charge in [0.15, 0.2) is 9.84 Å². The molecular formula is C14H11BrO2S. The van der Waals surface area contributed by atoms with Crippen LogP contribution in [0.1, 0.15) is 5.56 Å². The second kappa shape index (κ2) is 5.50. The van der Waals surface area contributed by atoms with Gasteiger partial charge in [-0.1, -0.05) is 46.3 Å². The molecule has 0 aliphatic rings. The van der Waals surface area contributed by atoms with Crippen LogP contribution in [0.3, 0.4) is 0 Å². The van der Waals surface area contributed by atoms with E-state index in [2.05, 4.69) is 15.9 Å². The summed E-state index contributed by atoms with van der Waals surface area (Å²) in [6.45, 7) is 0. The molecule has 2 nitrogen and oxygen atoms in total. The van der Waals surface area contributed by atoms with Crippen molar-refractivity contribution in [2.24, 2.45) is 0 Å². The number of hydrogen-bond donors (Lipinski definition) is 0. The maximum Gasteiger partial charge on any atom is 0.199 e. The Morgan fingerprint density at radius 2 is 1.50 bits per heavy atom. The summed E-state index contributed by atoms with van der Waals surface area (Å²) >= 11 is 3.33. The standard InChI is InChI=1S/C14H11BrO2S/c15-13-8-6-12(7-9-13)10-11-18(16,17)14-4-2-1-3-5-14/h1-11H/b11-10+. The highest BCUT2D eigenvalue weighted by molar-refractivity contribution is 9.10. The summed E-state index contributed by atoms with van der Waals surface area (Å²) in [6, 6.07) is 15.8. The summed E-state index contributed by atoms with van der Waals surface area (Å²) in [7, 11) is -3.36. The first-order valence-corrected chi connectivity index (χ1v) is 7.66. The molecule has 92 valence electrons. The summed E-state index contributed by atoms with van der Waals surface area (Å²) in [5, 5.41) is 1.23. The van der Waals surface area contributed by atoms with Gasteiger partial charge in [0.05, 0.1) is 4.90 Å². The molecule has 0 fully saturated rings. The number of halogens is 1. The molecule has 2 aromatic rings. The van der Waals surface area contributed by atoms with Crippen LogP contribution in [0.2, 0.25) is 0 Å². The van der Waals surface area contributed by atoms with Gasteiger partial charge in [0.25, 0.3) is 0 Å². The van der Waals surface area contributed by atoms with Crippen LogP contribution in [-0.4, -0.2) is 8.42 Å². The Hall–Kier alpha value is -1.39. The molecule has 0 saturated heterocycles. The molecule has 18 heavy (non-hydrogen) atoms. The van der Waals surface area contributed by atoms with E-state index in [1.165, 1.54) is 5.41 Å². The molecule has 2 rings (SSSR count). The Balaban J connectivity index is 2.26. The minimum atomic E-state index is -3.36. The number of hydrogen-bond acceptors (Lipinski definition) is 2. The molecule has 0 atom stereocenters. The summed E-state index contributed by atoms with van der Waals surface area (Å²) in [5.41, 5.74) is 0.845. The van der Waals surface area contributed by atoms with Gasteiger partial charge >= 0.3 is 0 Å². The molecule has 0 aromatic heterocycles. The van der Waals surface area contributed by atoms with Gasteiger partial charge in [0, 0.05) is 9.88 Å². The fourth-order valence-electron chi connectivity index (χ4n) is 1.43. The molecule has 0 N–H and O–H groups in total. The van der Waals surface area contributed by atoms with Crippen LogP contribution in [0.4, 0.5) is 0 Å². The lowest BCUT2D eigenvalue weighted by atomic mass is 10.2. The molecule has 0 saturated carbocycles. The molecule has 0 bridgehead atoms. The van der Waals surface area contributed by atoms with Crippen LogP contribution in [0.5, 0.6) is 0 Å². The van der Waals surface area contributed by atoms with Crippen LogP contribution in [0.15, 0.2) is 69.4 Å². The largest absolute Gasteiger partial charge is 0.219 e. The van der Waals surface area contributed by atoms with E-state index in [4.69, 9.17) is 0 Å². The number of sulfone groups is 1. The van der Waals surface area contributed by atoms with Crippen molar-refractivity contribution in [1.82, 2.24) is 0 Å². The van der Waals surface area contributed by atoms with E-state index in [1.54, 1.807) is 36.4 Å². The van der Waals surface area contributed by atoms with Gasteiger partial charge in [0.1, 0.15) is 0 Å². The Kier molecular flexibility index (Phi) is 3.99. The molecule has 0 radical (unpaired) electrons. The Morgan fingerprint density at radius 3 is 2.11 bits per heavy atom. The topological polar surface area (TPSA) is 34.1 Å². The molecule has 0 aliphatic heterocycles. The van der Waals surface area contributed by atoms with Gasteiger partial charge in [-0.3, -0.25) is 0 Å². The fourth-order valence-corrected chi connectivity index (χ4v) is 2.73. The third-order valence-corrected chi connectivity index (χ3v) is 4.33. The molecule has 0 unspecified atom stereocenters. The van der Waals surface area contributed by atoms with Crippen LogP contribution in [0, 0.1) is 0 Å². The highest BCUT2D eigenvalue weighted by atomic mass is 79.9. The average molecular weight is 323 g/mol. The summed E-state index contributed by atoms with van der Waals surface area (Å²) in [6.07, 6.45) is 1.59. The quantitative estimate of drug-likeness (QED) is 0.859. The van der Waals surface area contributed by atoms with E-state index < -0.39 is 9.84 Å². The van der Waals surface area contributed by atoms with E-state index in [1.807, 2.05) is 24.3 Å². The van der Waals surface area contributed by atoms with E-state index >= 15 is 0 Å². The zero-order valence-corrected chi connectivity index (χ0v) is 11.9. The SMILES string of the molecule is O=S(=O)(/C=C/c1ccc(Br)cc1)c1ccccc1. The van der Waals surface area contributed by atoms with Crippen LogP contribution < -0.4 is 0 Å². The third kappa shape index (κ3) is 3.31. The van der Waals surface area contributed by atoms with E-state index in [-0.39, 0.29) is 0 Å². The molecule has 0 aliphatic carbocycles. The molecule has 4 heteroatoms. The van der Waals surface area contributed by atoms with Crippen molar-refractivity contribution in [3.8, 4) is 0 Å². The van der Waals surface area contributed by atoms with Crippen molar-refractivity contribution >= 4 is 31.8 Å². The molecule has 0 spiro atoms. The van der Waals surface area contributed by atoms with Crippen molar-refractivity contribution in [3.63, 3.8) is 0 Å². The fraction of sp³-hybridized carbons (Fsp3) is 0. The molecular weight excluding hydrogens is 312 g/mol. The second-order valence-electron chi connectivity index (χ2n) is 3.71. The van der Waals surface area contributed by atoms with Crippen molar-refractivity contribution in [2.75, 3.05) is 0 Å². The number of benzene rings is 2. The smallest absolute Gasteiger partial charge is 0.199 e. The van der Waals surface area contributed by atoms with Crippen molar-refractivity contribution in [3.05, 3.63) is 70.0 Å². The molecule has 0 heterocycles. The van der Waals surface area contributed by atoms with Crippen LogP contribution >= 0.6 is 15.9 Å². The summed E-state index contributed by atoms with van der Waals surface area (Å²) in [4.78, 5) is 0.304. The van der Waals surface area contributed by atoms with Gasteiger partial charge in [-0.2, -0.15) is 0 Å². The highest BCUT2D eigenvalue weighted by Gasteiger charge is 2.08. The van der Waals surface area contributed by atoms with Crippen LogP contribution in [0.25, 0.3) is 6.08 Å². The van der Waals surface area contributed by atoms with E-state index in [9.17, 15) is 8.42 Å². The maximum atomic E-state index is 12.0. The van der Waals surface area contributed by atoms with E-state index in [0.717, 1.165) is 10.0 Å². The minimum absolute atomic E-state index is 0.304. The second-order valence-corrected chi connectivity index (χ2v) is 6.46. The van der Waals surface area contributed by atoms with Gasteiger partial charge in [-0.05, 0) is 35.9 Å². The predicted molar refractivity (Wildman–Crippen MR) is 76.8 cm³/mol. The van der Waals surface area contributed by atoms with Gasteiger partial charge in [-0.15, -0.1) is 0 Å². The Morgan fingerprint density at radius 1 is 0.889 bits per heavy atom. The zero-order valence-electron chi connectivity index (χ0n) is 9.45. The lowest BCUT2D eigenvalue weighted by Gasteiger charge is -1.98. The molecule has 2 aromatic carbocycles. The van der Waals surface area contributed by atoms with E-state index in [0.29, 0.717) is 4.90 Å². The minimum Gasteiger partial charge on any atom is -0.219 e. The zero-order chi connectivity index (χ0) is 13.0. The van der Waals surface area contributed by atoms with Crippen molar-refractivity contribution < 1.29 is 8.42 Å². The summed E-state index contributed by atoms with van der Waals surface area (Å²) in [5.74, 6) is 0. The van der Waals surface area contributed by atoms with Gasteiger partial charge < -0.3 is 0 Å². The third-order valence-electron chi connectivity index (χ3n) is 2.38. The Labute approximate surface area is 115 Å². The maximum absolute atomic E-state index is 12.0. The lowest BCUT2D eigenvalue weighted by Crippen LogP contribution is -1.95. The first-order chi connectivity index (χ1) is 8.58. The van der Waals surface area contributed by atoms with Crippen molar-refractivity contribution in [2.45, 2.75) is 4.90 Å². The highest BCUT2D eigenvalue weighted by Crippen LogP contribution is 2.15. The predicted octanol–water partition coefficient (Wildman–Crippen LogP) is 3.89. The number of rotatable bonds is 3. The summed E-state index contributed by atoms with van der Waals surface area (Å²) < 4.78 is 24.9.